The molecule has 4 rings (SSSR count). The number of hydrogen-bond donors (Lipinski definition) is 3. The molecule has 208 valence electrons. The monoisotopic (exact) mass is 582 g/mol. The summed E-state index contributed by atoms with van der Waals surface area (Å²) in [6.45, 7) is 1.51. The Morgan fingerprint density at radius 1 is 0.921 bits per heavy atom. The summed E-state index contributed by atoms with van der Waals surface area (Å²) in [4.78, 5) is 18.4. The molecule has 13 nitrogen and oxygen atoms in total. The summed E-state index contributed by atoms with van der Waals surface area (Å²) in [5, 5.41) is 0. The number of piperazine rings is 1. The van der Waals surface area contributed by atoms with Gasteiger partial charge in [-0.15, -0.1) is 0 Å². The Labute approximate surface area is 213 Å². The summed E-state index contributed by atoms with van der Waals surface area (Å²) in [6, 6.07) is 6.93. The minimum Gasteiger partial charge on any atom is -0.366 e. The molecule has 0 aliphatic carbocycles. The van der Waals surface area contributed by atoms with E-state index in [1.54, 1.807) is 0 Å². The summed E-state index contributed by atoms with van der Waals surface area (Å²) in [6.07, 6.45) is -4.93. The molecule has 2 aromatic carbocycles. The van der Waals surface area contributed by atoms with Gasteiger partial charge in [0.05, 0.1) is 16.7 Å². The fourth-order valence-electron chi connectivity index (χ4n) is 4.17. The van der Waals surface area contributed by atoms with Crippen molar-refractivity contribution in [3.63, 3.8) is 0 Å². The normalized spacial score (nSPS) is 15.7. The second-order valence-electron chi connectivity index (χ2n) is 8.26. The predicted molar refractivity (Wildman–Crippen MR) is 127 cm³/mol. The van der Waals surface area contributed by atoms with Gasteiger partial charge in [-0.1, -0.05) is 6.07 Å². The molecule has 2 heterocycles. The van der Waals surface area contributed by atoms with Crippen LogP contribution < -0.4 is 19.0 Å². The van der Waals surface area contributed by atoms with Gasteiger partial charge in [-0.3, -0.25) is 18.6 Å². The molecule has 1 aliphatic heterocycles. The van der Waals surface area contributed by atoms with Crippen molar-refractivity contribution in [2.45, 2.75) is 12.7 Å². The first-order valence-electron chi connectivity index (χ1n) is 10.8. The average Bonchev–Trinajstić information content (AvgIpc) is 3.09. The molecular formula is C20H21F3N4O9S2. The third-order valence-electron chi connectivity index (χ3n) is 5.79. The molecule has 18 heteroatoms. The molecular weight excluding hydrogens is 561 g/mol. The molecule has 0 spiro atoms. The van der Waals surface area contributed by atoms with Crippen LogP contribution >= 0.6 is 0 Å². The van der Waals surface area contributed by atoms with Crippen LogP contribution in [0.25, 0.3) is 11.0 Å². The maximum atomic E-state index is 13.5. The summed E-state index contributed by atoms with van der Waals surface area (Å²) >= 11 is 0. The molecule has 0 bridgehead atoms. The first-order chi connectivity index (χ1) is 17.6. The Kier molecular flexibility index (Phi) is 7.36. The van der Waals surface area contributed by atoms with Crippen molar-refractivity contribution in [3.05, 3.63) is 52.4 Å². The summed E-state index contributed by atoms with van der Waals surface area (Å²) < 4.78 is 113. The number of para-hydroxylation sites is 1. The lowest BCUT2D eigenvalue weighted by atomic mass is 10.1. The molecule has 1 aromatic heterocycles. The molecule has 3 N–H and O–H groups in total. The minimum atomic E-state index is -5.23. The van der Waals surface area contributed by atoms with Gasteiger partial charge in [-0.25, -0.2) is 4.79 Å². The molecule has 1 saturated heterocycles. The number of nitrogens with one attached hydrogen (secondary N) is 1. The number of imidazole rings is 1. The number of rotatable bonds is 8. The zero-order valence-electron chi connectivity index (χ0n) is 19.3. The Hall–Kier alpha value is -3.32. The number of alkyl halides is 3. The lowest BCUT2D eigenvalue weighted by Crippen LogP contribution is -2.47. The van der Waals surface area contributed by atoms with E-state index in [2.05, 4.69) is 13.4 Å². The van der Waals surface area contributed by atoms with E-state index < -0.39 is 44.0 Å². The molecule has 0 unspecified atom stereocenters. The molecule has 0 atom stereocenters. The number of benzene rings is 2. The van der Waals surface area contributed by atoms with E-state index in [4.69, 9.17) is 9.11 Å². The number of aromatic amines is 1. The fourth-order valence-corrected chi connectivity index (χ4v) is 4.90. The maximum absolute atomic E-state index is 13.5. The molecule has 3 aromatic rings. The molecule has 1 aliphatic rings. The second-order valence-corrected chi connectivity index (χ2v) is 10.3. The van der Waals surface area contributed by atoms with Crippen LogP contribution in [0.15, 0.2) is 41.2 Å². The highest BCUT2D eigenvalue weighted by Crippen LogP contribution is 2.42. The van der Waals surface area contributed by atoms with Crippen LogP contribution in [-0.4, -0.2) is 73.1 Å². The summed E-state index contributed by atoms with van der Waals surface area (Å²) in [5.74, 6) is -1.23. The van der Waals surface area contributed by atoms with Gasteiger partial charge >= 0.3 is 32.7 Å². The van der Waals surface area contributed by atoms with E-state index in [1.807, 2.05) is 4.90 Å². The number of H-pyrrole nitrogens is 1. The predicted octanol–water partition coefficient (Wildman–Crippen LogP) is 1.53. The standard InChI is InChI=1S/C20H21F3N4O9S2/c21-20(22,23)14-2-1-3-16(18(14)36-38(32,33)34)26-9-6-25(7-10-26)8-11-27-17-12-13(35-37(29,30)31)4-5-15(17)24-19(27)28/h1-5,12H,6-11H2,(H,24,28)(H,29,30,31)(H,32,33,34). The summed E-state index contributed by atoms with van der Waals surface area (Å²) in [5.41, 5.74) is -1.26. The summed E-state index contributed by atoms with van der Waals surface area (Å²) in [7, 11) is -9.99. The van der Waals surface area contributed by atoms with Crippen molar-refractivity contribution < 1.29 is 47.5 Å². The Bertz CT molecular complexity index is 1610. The highest BCUT2D eigenvalue weighted by Gasteiger charge is 2.38. The zero-order chi connectivity index (χ0) is 27.9. The Morgan fingerprint density at radius 3 is 2.18 bits per heavy atom. The first-order valence-corrected chi connectivity index (χ1v) is 13.6. The number of nitrogens with zero attached hydrogens (tertiary/aromatic N) is 3. The molecule has 0 saturated carbocycles. The SMILES string of the molecule is O=c1[nH]c2ccc(OS(=O)(=O)O)cc2n1CCN1CCN(c2cccc(C(F)(F)F)c2OS(=O)(=O)O)CC1. The smallest absolute Gasteiger partial charge is 0.366 e. The number of aromatic nitrogens is 2. The van der Waals surface area contributed by atoms with Crippen molar-refractivity contribution in [2.24, 2.45) is 0 Å². The van der Waals surface area contributed by atoms with Gasteiger partial charge in [0.2, 0.25) is 0 Å². The van der Waals surface area contributed by atoms with Gasteiger partial charge in [-0.2, -0.15) is 30.0 Å². The quantitative estimate of drug-likeness (QED) is 0.329. The van der Waals surface area contributed by atoms with Crippen LogP contribution in [0.3, 0.4) is 0 Å². The molecule has 1 fully saturated rings. The lowest BCUT2D eigenvalue weighted by molar-refractivity contribution is -0.138. The van der Waals surface area contributed by atoms with Crippen molar-refractivity contribution in [3.8, 4) is 11.5 Å². The van der Waals surface area contributed by atoms with Crippen LogP contribution in [0, 0.1) is 0 Å². The number of hydrogen-bond acceptors (Lipinski definition) is 9. The van der Waals surface area contributed by atoms with Crippen molar-refractivity contribution in [1.29, 1.82) is 0 Å². The van der Waals surface area contributed by atoms with Gasteiger partial charge in [0, 0.05) is 45.3 Å². The first kappa shape index (κ1) is 27.7. The topological polar surface area (TPSA) is 171 Å². The minimum absolute atomic E-state index is 0.156. The van der Waals surface area contributed by atoms with Crippen LogP contribution in [-0.2, 0) is 33.5 Å². The molecule has 0 amide bonds. The number of anilines is 1. The van der Waals surface area contributed by atoms with E-state index >= 15 is 0 Å². The van der Waals surface area contributed by atoms with E-state index in [0.717, 1.165) is 6.07 Å². The average molecular weight is 583 g/mol. The molecule has 0 radical (unpaired) electrons. The van der Waals surface area contributed by atoms with Crippen molar-refractivity contribution >= 4 is 37.5 Å². The van der Waals surface area contributed by atoms with E-state index in [0.29, 0.717) is 36.7 Å². The largest absolute Gasteiger partial charge is 0.446 e. The van der Waals surface area contributed by atoms with Gasteiger partial charge < -0.3 is 18.3 Å². The number of halogens is 3. The van der Waals surface area contributed by atoms with Gasteiger partial charge in [0.1, 0.15) is 11.3 Å². The van der Waals surface area contributed by atoms with Gasteiger partial charge in [-0.05, 0) is 24.3 Å². The van der Waals surface area contributed by atoms with Crippen molar-refractivity contribution in [1.82, 2.24) is 14.5 Å². The zero-order valence-corrected chi connectivity index (χ0v) is 20.9. The van der Waals surface area contributed by atoms with E-state index in [-0.39, 0.29) is 31.1 Å². The third kappa shape index (κ3) is 6.57. The third-order valence-corrected chi connectivity index (χ3v) is 6.57. The number of fused-ring (bicyclic) bond motifs is 1. The highest BCUT2D eigenvalue weighted by atomic mass is 32.3. The van der Waals surface area contributed by atoms with E-state index in [1.165, 1.54) is 33.7 Å². The fraction of sp³-hybridized carbons (Fsp3) is 0.350. The van der Waals surface area contributed by atoms with Crippen LogP contribution in [0.2, 0.25) is 0 Å². The van der Waals surface area contributed by atoms with Gasteiger partial charge in [0.25, 0.3) is 0 Å². The Morgan fingerprint density at radius 2 is 1.58 bits per heavy atom. The van der Waals surface area contributed by atoms with Gasteiger partial charge in [0.15, 0.2) is 5.75 Å². The molecule has 38 heavy (non-hydrogen) atoms. The maximum Gasteiger partial charge on any atom is 0.446 e. The van der Waals surface area contributed by atoms with E-state index in [9.17, 15) is 34.8 Å². The highest BCUT2D eigenvalue weighted by molar-refractivity contribution is 7.81. The Balaban J connectivity index is 1.48. The van der Waals surface area contributed by atoms with Crippen LogP contribution in [0.5, 0.6) is 11.5 Å². The lowest BCUT2D eigenvalue weighted by Gasteiger charge is -2.36. The second kappa shape index (κ2) is 10.1. The van der Waals surface area contributed by atoms with Crippen LogP contribution in [0.4, 0.5) is 18.9 Å². The van der Waals surface area contributed by atoms with Crippen molar-refractivity contribution in [2.75, 3.05) is 37.6 Å². The van der Waals surface area contributed by atoms with Crippen LogP contribution in [0.1, 0.15) is 5.56 Å².